The molecule has 0 aliphatic carbocycles. The first kappa shape index (κ1) is 16.3. The molecule has 1 N–H and O–H groups in total. The lowest BCUT2D eigenvalue weighted by molar-refractivity contribution is 0.812. The minimum absolute atomic E-state index is 0.589. The van der Waals surface area contributed by atoms with Crippen LogP contribution in [0.3, 0.4) is 0 Å². The molecular formula is C17H17BrN6. The van der Waals surface area contributed by atoms with Crippen LogP contribution < -0.4 is 10.2 Å². The summed E-state index contributed by atoms with van der Waals surface area (Å²) in [4.78, 5) is 10.5. The fourth-order valence-electron chi connectivity index (χ4n) is 2.14. The molecule has 0 unspecified atom stereocenters. The van der Waals surface area contributed by atoms with Crippen LogP contribution in [-0.4, -0.2) is 33.8 Å². The highest BCUT2D eigenvalue weighted by Gasteiger charge is 2.07. The van der Waals surface area contributed by atoms with Gasteiger partial charge in [0.05, 0.1) is 6.20 Å². The van der Waals surface area contributed by atoms with Crippen molar-refractivity contribution in [2.45, 2.75) is 6.42 Å². The van der Waals surface area contributed by atoms with Crippen LogP contribution in [-0.2, 0) is 6.42 Å². The molecule has 0 radical (unpaired) electrons. The zero-order valence-corrected chi connectivity index (χ0v) is 14.8. The maximum atomic E-state index is 4.52. The molecule has 0 bridgehead atoms. The van der Waals surface area contributed by atoms with Crippen LogP contribution in [0.4, 0.5) is 17.5 Å². The van der Waals surface area contributed by atoms with Crippen molar-refractivity contribution in [2.24, 2.45) is 0 Å². The third-order valence-corrected chi connectivity index (χ3v) is 4.02. The van der Waals surface area contributed by atoms with Gasteiger partial charge in [0, 0.05) is 36.1 Å². The van der Waals surface area contributed by atoms with E-state index in [1.165, 1.54) is 5.56 Å². The number of halogens is 1. The summed E-state index contributed by atoms with van der Waals surface area (Å²) in [5.41, 5.74) is 2.18. The van der Waals surface area contributed by atoms with E-state index in [0.29, 0.717) is 11.8 Å². The zero-order chi connectivity index (χ0) is 16.8. The van der Waals surface area contributed by atoms with Gasteiger partial charge in [0.25, 0.3) is 0 Å². The molecule has 0 spiro atoms. The standard InChI is InChI=1S/C17H17BrN6/c1-24(11-8-13-6-9-19-10-7-13)17-22-16(12-20-23-17)21-15-4-2-14(18)3-5-15/h2-7,9-10,12H,8,11H2,1H3,(H,21,22,23). The number of anilines is 3. The van der Waals surface area contributed by atoms with Crippen molar-refractivity contribution in [3.8, 4) is 0 Å². The van der Waals surface area contributed by atoms with E-state index >= 15 is 0 Å². The molecule has 0 aliphatic rings. The first-order chi connectivity index (χ1) is 11.7. The van der Waals surface area contributed by atoms with Crippen LogP contribution in [0.1, 0.15) is 5.56 Å². The monoisotopic (exact) mass is 384 g/mol. The molecule has 24 heavy (non-hydrogen) atoms. The summed E-state index contributed by atoms with van der Waals surface area (Å²) in [5, 5.41) is 11.4. The lowest BCUT2D eigenvalue weighted by atomic mass is 10.2. The van der Waals surface area contributed by atoms with Crippen LogP contribution >= 0.6 is 15.9 Å². The number of pyridine rings is 1. The third kappa shape index (κ3) is 4.48. The highest BCUT2D eigenvalue weighted by molar-refractivity contribution is 9.10. The summed E-state index contributed by atoms with van der Waals surface area (Å²) in [5.74, 6) is 1.25. The van der Waals surface area contributed by atoms with Crippen molar-refractivity contribution in [1.82, 2.24) is 20.2 Å². The second kappa shape index (κ2) is 7.83. The summed E-state index contributed by atoms with van der Waals surface area (Å²) >= 11 is 3.42. The lowest BCUT2D eigenvalue weighted by Crippen LogP contribution is -2.23. The van der Waals surface area contributed by atoms with Gasteiger partial charge in [0.15, 0.2) is 5.82 Å². The van der Waals surface area contributed by atoms with Crippen molar-refractivity contribution in [3.63, 3.8) is 0 Å². The Morgan fingerprint density at radius 3 is 2.58 bits per heavy atom. The molecule has 122 valence electrons. The summed E-state index contributed by atoms with van der Waals surface area (Å²) in [6.07, 6.45) is 6.11. The Bertz CT molecular complexity index is 779. The van der Waals surface area contributed by atoms with Gasteiger partial charge >= 0.3 is 0 Å². The highest BCUT2D eigenvalue weighted by atomic mass is 79.9. The van der Waals surface area contributed by atoms with Crippen molar-refractivity contribution < 1.29 is 0 Å². The van der Waals surface area contributed by atoms with Gasteiger partial charge < -0.3 is 10.2 Å². The average Bonchev–Trinajstić information content (AvgIpc) is 2.63. The molecule has 0 fully saturated rings. The van der Waals surface area contributed by atoms with Gasteiger partial charge in [-0.15, -0.1) is 5.10 Å². The van der Waals surface area contributed by atoms with Crippen molar-refractivity contribution >= 4 is 33.4 Å². The van der Waals surface area contributed by atoms with E-state index in [2.05, 4.69) is 41.4 Å². The summed E-state index contributed by atoms with van der Waals surface area (Å²) < 4.78 is 1.03. The van der Waals surface area contributed by atoms with E-state index in [4.69, 9.17) is 0 Å². The largest absolute Gasteiger partial charge is 0.342 e. The minimum Gasteiger partial charge on any atom is -0.342 e. The SMILES string of the molecule is CN(CCc1ccncc1)c1nncc(Nc2ccc(Br)cc2)n1. The maximum Gasteiger partial charge on any atom is 0.247 e. The van der Waals surface area contributed by atoms with Gasteiger partial charge in [0.1, 0.15) is 0 Å². The fourth-order valence-corrected chi connectivity index (χ4v) is 2.41. The maximum absolute atomic E-state index is 4.52. The van der Waals surface area contributed by atoms with Gasteiger partial charge in [0.2, 0.25) is 5.95 Å². The number of likely N-dealkylation sites (N-methyl/N-ethyl adjacent to an activating group) is 1. The van der Waals surface area contributed by atoms with E-state index in [1.54, 1.807) is 18.6 Å². The number of nitrogens with one attached hydrogen (secondary N) is 1. The van der Waals surface area contributed by atoms with Crippen LogP contribution in [0, 0.1) is 0 Å². The third-order valence-electron chi connectivity index (χ3n) is 3.49. The Labute approximate surface area is 149 Å². The van der Waals surface area contributed by atoms with Gasteiger partial charge in [-0.05, 0) is 48.4 Å². The molecule has 0 saturated heterocycles. The van der Waals surface area contributed by atoms with Crippen LogP contribution in [0.2, 0.25) is 0 Å². The van der Waals surface area contributed by atoms with E-state index < -0.39 is 0 Å². The number of nitrogens with zero attached hydrogens (tertiary/aromatic N) is 5. The molecule has 2 aromatic heterocycles. The normalized spacial score (nSPS) is 10.4. The first-order valence-electron chi connectivity index (χ1n) is 7.53. The number of aromatic nitrogens is 4. The molecule has 3 rings (SSSR count). The Morgan fingerprint density at radius 2 is 1.83 bits per heavy atom. The molecule has 0 amide bonds. The molecular weight excluding hydrogens is 368 g/mol. The average molecular weight is 385 g/mol. The smallest absolute Gasteiger partial charge is 0.247 e. The van der Waals surface area contributed by atoms with Crippen LogP contribution in [0.25, 0.3) is 0 Å². The van der Waals surface area contributed by atoms with E-state index in [0.717, 1.165) is 23.1 Å². The Balaban J connectivity index is 1.64. The van der Waals surface area contributed by atoms with E-state index in [1.807, 2.05) is 48.3 Å². The first-order valence-corrected chi connectivity index (χ1v) is 8.32. The molecule has 7 heteroatoms. The summed E-state index contributed by atoms with van der Waals surface area (Å²) in [6, 6.07) is 11.9. The summed E-state index contributed by atoms with van der Waals surface area (Å²) in [7, 11) is 1.96. The van der Waals surface area contributed by atoms with Crippen LogP contribution in [0.15, 0.2) is 59.5 Å². The number of benzene rings is 1. The Kier molecular flexibility index (Phi) is 5.32. The second-order valence-corrected chi connectivity index (χ2v) is 6.22. The van der Waals surface area contributed by atoms with Gasteiger partial charge in [-0.2, -0.15) is 10.1 Å². The van der Waals surface area contributed by atoms with Crippen molar-refractivity contribution in [2.75, 3.05) is 23.8 Å². The van der Waals surface area contributed by atoms with Gasteiger partial charge in [-0.25, -0.2) is 0 Å². The number of rotatable bonds is 6. The van der Waals surface area contributed by atoms with Gasteiger partial charge in [-0.3, -0.25) is 4.98 Å². The van der Waals surface area contributed by atoms with Crippen molar-refractivity contribution in [1.29, 1.82) is 0 Å². The predicted molar refractivity (Wildman–Crippen MR) is 98.5 cm³/mol. The van der Waals surface area contributed by atoms with E-state index in [9.17, 15) is 0 Å². The highest BCUT2D eigenvalue weighted by Crippen LogP contribution is 2.18. The molecule has 1 aromatic carbocycles. The number of hydrogen-bond acceptors (Lipinski definition) is 6. The second-order valence-electron chi connectivity index (χ2n) is 5.30. The van der Waals surface area contributed by atoms with E-state index in [-0.39, 0.29) is 0 Å². The van der Waals surface area contributed by atoms with Gasteiger partial charge in [-0.1, -0.05) is 15.9 Å². The lowest BCUT2D eigenvalue weighted by Gasteiger charge is -2.17. The molecule has 6 nitrogen and oxygen atoms in total. The zero-order valence-electron chi connectivity index (χ0n) is 13.2. The quantitative estimate of drug-likeness (QED) is 0.701. The number of hydrogen-bond donors (Lipinski definition) is 1. The fraction of sp³-hybridized carbons (Fsp3) is 0.176. The van der Waals surface area contributed by atoms with Crippen LogP contribution in [0.5, 0.6) is 0 Å². The summed E-state index contributed by atoms with van der Waals surface area (Å²) in [6.45, 7) is 0.799. The molecule has 0 aliphatic heterocycles. The predicted octanol–water partition coefficient (Wildman–Crippen LogP) is 3.45. The topological polar surface area (TPSA) is 66.8 Å². The van der Waals surface area contributed by atoms with Crippen molar-refractivity contribution in [3.05, 3.63) is 65.0 Å². The Hall–Kier alpha value is -2.54. The molecule has 3 aromatic rings. The molecule has 2 heterocycles. The minimum atomic E-state index is 0.589. The Morgan fingerprint density at radius 1 is 1.08 bits per heavy atom. The molecule has 0 atom stereocenters. The molecule has 0 saturated carbocycles.